The number of nitrogens with one attached hydrogen (secondary N) is 1. The maximum Gasteiger partial charge on any atom is 0.416 e. The number of halogens is 6. The van der Waals surface area contributed by atoms with Crippen LogP contribution in [0.4, 0.5) is 18.9 Å². The summed E-state index contributed by atoms with van der Waals surface area (Å²) in [6.45, 7) is 5.49. The van der Waals surface area contributed by atoms with E-state index in [1.165, 1.54) is 25.1 Å². The first-order valence-corrected chi connectivity index (χ1v) is 14.1. The Bertz CT molecular complexity index is 1320. The van der Waals surface area contributed by atoms with Crippen molar-refractivity contribution in [2.45, 2.75) is 52.0 Å². The van der Waals surface area contributed by atoms with Gasteiger partial charge in [0.05, 0.1) is 22.5 Å². The molecular formula is C24H27Cl3F3N3O4S. The third-order valence-corrected chi connectivity index (χ3v) is 7.28. The second-order valence-corrected chi connectivity index (χ2v) is 12.8. The van der Waals surface area contributed by atoms with Gasteiger partial charge in [-0.25, -0.2) is 8.42 Å². The van der Waals surface area contributed by atoms with Crippen LogP contribution in [0.5, 0.6) is 0 Å². The van der Waals surface area contributed by atoms with E-state index in [2.05, 4.69) is 5.32 Å². The maximum absolute atomic E-state index is 13.6. The molecule has 1 unspecified atom stereocenters. The van der Waals surface area contributed by atoms with Crippen LogP contribution in [0.25, 0.3) is 0 Å². The summed E-state index contributed by atoms with van der Waals surface area (Å²) in [5.41, 5.74) is -1.93. The third kappa shape index (κ3) is 8.65. The van der Waals surface area contributed by atoms with Crippen molar-refractivity contribution in [3.63, 3.8) is 0 Å². The summed E-state index contributed by atoms with van der Waals surface area (Å²) >= 11 is 18.3. The van der Waals surface area contributed by atoms with Crippen molar-refractivity contribution in [1.29, 1.82) is 0 Å². The maximum atomic E-state index is 13.6. The summed E-state index contributed by atoms with van der Waals surface area (Å²) in [6.07, 6.45) is -4.06. The Morgan fingerprint density at radius 2 is 1.61 bits per heavy atom. The van der Waals surface area contributed by atoms with Crippen molar-refractivity contribution >= 4 is 62.3 Å². The first kappa shape index (κ1) is 32.0. The highest BCUT2D eigenvalue weighted by molar-refractivity contribution is 7.92. The summed E-state index contributed by atoms with van der Waals surface area (Å²) in [4.78, 5) is 27.6. The van der Waals surface area contributed by atoms with Crippen LogP contribution in [-0.4, -0.2) is 49.5 Å². The van der Waals surface area contributed by atoms with Gasteiger partial charge in [-0.1, -0.05) is 40.9 Å². The van der Waals surface area contributed by atoms with Crippen molar-refractivity contribution < 1.29 is 31.2 Å². The number of alkyl halides is 3. The van der Waals surface area contributed by atoms with E-state index in [0.717, 1.165) is 17.2 Å². The number of carbonyl (C=O) groups is 2. The molecule has 0 aromatic heterocycles. The van der Waals surface area contributed by atoms with Gasteiger partial charge in [0.15, 0.2) is 0 Å². The van der Waals surface area contributed by atoms with E-state index in [1.807, 2.05) is 0 Å². The van der Waals surface area contributed by atoms with Crippen molar-refractivity contribution in [2.75, 3.05) is 17.1 Å². The molecule has 0 radical (unpaired) electrons. The Morgan fingerprint density at radius 3 is 2.11 bits per heavy atom. The van der Waals surface area contributed by atoms with Gasteiger partial charge in [0.25, 0.3) is 0 Å². The summed E-state index contributed by atoms with van der Waals surface area (Å²) in [5, 5.41) is 2.95. The van der Waals surface area contributed by atoms with Crippen LogP contribution < -0.4 is 9.62 Å². The number of rotatable bonds is 8. The molecule has 0 aliphatic carbocycles. The minimum Gasteiger partial charge on any atom is -0.350 e. The van der Waals surface area contributed by atoms with E-state index < -0.39 is 57.4 Å². The lowest BCUT2D eigenvalue weighted by Crippen LogP contribution is -2.54. The molecule has 0 heterocycles. The fourth-order valence-electron chi connectivity index (χ4n) is 3.36. The molecular weight excluding hydrogens is 590 g/mol. The Hall–Kier alpha value is -2.21. The quantitative estimate of drug-likeness (QED) is 0.409. The molecule has 2 aromatic rings. The summed E-state index contributed by atoms with van der Waals surface area (Å²) in [6, 6.07) is 5.52. The number of carbonyl (C=O) groups excluding carboxylic acids is 2. The molecule has 1 atom stereocenters. The molecule has 2 rings (SSSR count). The monoisotopic (exact) mass is 615 g/mol. The summed E-state index contributed by atoms with van der Waals surface area (Å²) in [7, 11) is -4.30. The standard InChI is InChI=1S/C24H27Cl3F3N3O4S/c1-14(22(35)31-23(2,3)4)32(12-15-6-8-17(25)11-19(15)27)21(34)13-33(38(5,36)37)20-10-16(24(28,29)30)7-9-18(20)26/h6-11,14H,12-13H2,1-5H3,(H,31,35). The highest BCUT2D eigenvalue weighted by Crippen LogP contribution is 2.36. The van der Waals surface area contributed by atoms with Gasteiger partial charge in [-0.2, -0.15) is 13.2 Å². The topological polar surface area (TPSA) is 86.8 Å². The van der Waals surface area contributed by atoms with E-state index in [-0.39, 0.29) is 16.6 Å². The highest BCUT2D eigenvalue weighted by atomic mass is 35.5. The molecule has 0 fully saturated rings. The number of nitrogens with zero attached hydrogens (tertiary/aromatic N) is 2. The lowest BCUT2D eigenvalue weighted by molar-refractivity contribution is -0.140. The molecule has 0 aliphatic rings. The van der Waals surface area contributed by atoms with Gasteiger partial charge in [0.1, 0.15) is 12.6 Å². The van der Waals surface area contributed by atoms with Crippen LogP contribution in [0.3, 0.4) is 0 Å². The molecule has 0 saturated heterocycles. The van der Waals surface area contributed by atoms with Crippen LogP contribution in [0.15, 0.2) is 36.4 Å². The zero-order valence-electron chi connectivity index (χ0n) is 21.2. The number of sulfonamides is 1. The smallest absolute Gasteiger partial charge is 0.350 e. The Labute approximate surface area is 234 Å². The predicted molar refractivity (Wildman–Crippen MR) is 143 cm³/mol. The van der Waals surface area contributed by atoms with Crippen molar-refractivity contribution in [1.82, 2.24) is 10.2 Å². The summed E-state index contributed by atoms with van der Waals surface area (Å²) in [5.74, 6) is -1.43. The van der Waals surface area contributed by atoms with Gasteiger partial charge in [0, 0.05) is 22.1 Å². The van der Waals surface area contributed by atoms with Crippen molar-refractivity contribution in [3.05, 3.63) is 62.6 Å². The van der Waals surface area contributed by atoms with Gasteiger partial charge in [-0.15, -0.1) is 0 Å². The molecule has 0 aliphatic heterocycles. The van der Waals surface area contributed by atoms with E-state index in [9.17, 15) is 31.2 Å². The van der Waals surface area contributed by atoms with Gasteiger partial charge in [0.2, 0.25) is 21.8 Å². The van der Waals surface area contributed by atoms with Crippen LogP contribution in [0, 0.1) is 0 Å². The molecule has 2 aromatic carbocycles. The molecule has 0 bridgehead atoms. The molecule has 0 spiro atoms. The number of anilines is 1. The zero-order valence-corrected chi connectivity index (χ0v) is 24.2. The van der Waals surface area contributed by atoms with Gasteiger partial charge >= 0.3 is 6.18 Å². The first-order valence-electron chi connectivity index (χ1n) is 11.1. The van der Waals surface area contributed by atoms with E-state index in [1.54, 1.807) is 20.8 Å². The van der Waals surface area contributed by atoms with Crippen LogP contribution >= 0.6 is 34.8 Å². The fourth-order valence-corrected chi connectivity index (χ4v) is 4.96. The number of benzene rings is 2. The molecule has 0 saturated carbocycles. The number of hydrogen-bond acceptors (Lipinski definition) is 4. The Morgan fingerprint density at radius 1 is 1.00 bits per heavy atom. The van der Waals surface area contributed by atoms with Crippen LogP contribution in [-0.2, 0) is 32.3 Å². The molecule has 1 N–H and O–H groups in total. The van der Waals surface area contributed by atoms with Crippen molar-refractivity contribution in [2.24, 2.45) is 0 Å². The second kappa shape index (κ2) is 11.9. The molecule has 210 valence electrons. The number of amides is 2. The lowest BCUT2D eigenvalue weighted by atomic mass is 10.1. The summed E-state index contributed by atoms with van der Waals surface area (Å²) < 4.78 is 65.8. The zero-order chi connectivity index (χ0) is 29.2. The molecule has 2 amide bonds. The van der Waals surface area contributed by atoms with Gasteiger partial charge < -0.3 is 10.2 Å². The number of hydrogen-bond donors (Lipinski definition) is 1. The molecule has 7 nitrogen and oxygen atoms in total. The van der Waals surface area contributed by atoms with E-state index in [0.29, 0.717) is 27.0 Å². The Balaban J connectivity index is 2.55. The average Bonchev–Trinajstić information content (AvgIpc) is 2.74. The first-order chi connectivity index (χ1) is 17.2. The normalized spacial score (nSPS) is 13.1. The van der Waals surface area contributed by atoms with Gasteiger partial charge in [-0.05, 0) is 63.6 Å². The average molecular weight is 617 g/mol. The predicted octanol–water partition coefficient (Wildman–Crippen LogP) is 5.76. The molecule has 38 heavy (non-hydrogen) atoms. The van der Waals surface area contributed by atoms with Crippen molar-refractivity contribution in [3.8, 4) is 0 Å². The fraction of sp³-hybridized carbons (Fsp3) is 0.417. The molecule has 14 heteroatoms. The SMILES string of the molecule is CC(C(=O)NC(C)(C)C)N(Cc1ccc(Cl)cc1Cl)C(=O)CN(c1cc(C(F)(F)F)ccc1Cl)S(C)(=O)=O. The second-order valence-electron chi connectivity index (χ2n) is 9.61. The largest absolute Gasteiger partial charge is 0.416 e. The van der Waals surface area contributed by atoms with E-state index in [4.69, 9.17) is 34.8 Å². The minimum absolute atomic E-state index is 0.194. The van der Waals surface area contributed by atoms with Gasteiger partial charge in [-0.3, -0.25) is 13.9 Å². The third-order valence-electron chi connectivity index (χ3n) is 5.24. The minimum atomic E-state index is -4.79. The van der Waals surface area contributed by atoms with Crippen LogP contribution in [0.2, 0.25) is 15.1 Å². The lowest BCUT2D eigenvalue weighted by Gasteiger charge is -2.33. The Kier molecular flexibility index (Phi) is 10.0. The highest BCUT2D eigenvalue weighted by Gasteiger charge is 2.35. The van der Waals surface area contributed by atoms with E-state index >= 15 is 0 Å². The van der Waals surface area contributed by atoms with Crippen LogP contribution in [0.1, 0.15) is 38.8 Å².